The molecule has 0 aliphatic heterocycles. The van der Waals surface area contributed by atoms with Gasteiger partial charge in [0.25, 0.3) is 0 Å². The van der Waals surface area contributed by atoms with Crippen molar-refractivity contribution in [3.8, 4) is 0 Å². The van der Waals surface area contributed by atoms with Crippen LogP contribution in [0.2, 0.25) is 5.02 Å². The molecule has 15 heavy (non-hydrogen) atoms. The molecule has 1 aromatic rings. The Hall–Kier alpha value is -0.630. The highest BCUT2D eigenvalue weighted by atomic mass is 79.9. The summed E-state index contributed by atoms with van der Waals surface area (Å²) in [4.78, 5) is 14.4. The molecule has 1 saturated carbocycles. The summed E-state index contributed by atoms with van der Waals surface area (Å²) < 4.78 is 0.953. The van der Waals surface area contributed by atoms with Gasteiger partial charge in [-0.25, -0.2) is 4.79 Å². The van der Waals surface area contributed by atoms with Crippen LogP contribution in [0.25, 0.3) is 0 Å². The zero-order valence-corrected chi connectivity index (χ0v) is 10.3. The van der Waals surface area contributed by atoms with Gasteiger partial charge in [-0.05, 0) is 37.5 Å². The van der Waals surface area contributed by atoms with Crippen LogP contribution in [0.5, 0.6) is 0 Å². The third-order valence-electron chi connectivity index (χ3n) is 2.87. The van der Waals surface area contributed by atoms with Gasteiger partial charge in [-0.1, -0.05) is 27.5 Å². The number of hydrogen-bond acceptors (Lipinski definition) is 2. The van der Waals surface area contributed by atoms with Gasteiger partial charge in [0, 0.05) is 15.1 Å². The summed E-state index contributed by atoms with van der Waals surface area (Å²) in [6, 6.07) is 5.63. The van der Waals surface area contributed by atoms with Crippen molar-refractivity contribution < 1.29 is 4.79 Å². The van der Waals surface area contributed by atoms with Crippen molar-refractivity contribution >= 4 is 33.6 Å². The third-order valence-corrected chi connectivity index (χ3v) is 3.69. The van der Waals surface area contributed by atoms with E-state index in [1.54, 1.807) is 6.08 Å². The van der Waals surface area contributed by atoms with Gasteiger partial charge in [-0.3, -0.25) is 0 Å². The van der Waals surface area contributed by atoms with Crippen LogP contribution in [0.3, 0.4) is 0 Å². The van der Waals surface area contributed by atoms with E-state index >= 15 is 0 Å². The van der Waals surface area contributed by atoms with Gasteiger partial charge in [0.05, 0.1) is 5.54 Å². The van der Waals surface area contributed by atoms with Gasteiger partial charge in [-0.15, -0.1) is 0 Å². The van der Waals surface area contributed by atoms with E-state index in [4.69, 9.17) is 11.6 Å². The predicted molar refractivity (Wildman–Crippen MR) is 62.8 cm³/mol. The topological polar surface area (TPSA) is 29.4 Å². The normalized spacial score (nSPS) is 17.7. The molecule has 1 fully saturated rings. The van der Waals surface area contributed by atoms with E-state index < -0.39 is 5.54 Å². The van der Waals surface area contributed by atoms with E-state index in [1.807, 2.05) is 18.2 Å². The lowest BCUT2D eigenvalue weighted by molar-refractivity contribution is 0.256. The SMILES string of the molecule is O=C=NC1(c2cc(Br)ccc2Cl)CCC1. The van der Waals surface area contributed by atoms with Crippen molar-refractivity contribution in [3.05, 3.63) is 33.3 Å². The monoisotopic (exact) mass is 285 g/mol. The van der Waals surface area contributed by atoms with Crippen molar-refractivity contribution in [2.75, 3.05) is 0 Å². The van der Waals surface area contributed by atoms with Crippen LogP contribution < -0.4 is 0 Å². The molecule has 4 heteroatoms. The van der Waals surface area contributed by atoms with Gasteiger partial charge >= 0.3 is 0 Å². The minimum absolute atomic E-state index is 0.414. The molecule has 1 aliphatic rings. The number of halogens is 2. The highest BCUT2D eigenvalue weighted by Gasteiger charge is 2.40. The molecule has 1 aliphatic carbocycles. The fraction of sp³-hybridized carbons (Fsp3) is 0.364. The number of rotatable bonds is 2. The molecule has 0 bridgehead atoms. The van der Waals surface area contributed by atoms with Crippen LogP contribution >= 0.6 is 27.5 Å². The quantitative estimate of drug-likeness (QED) is 0.600. The second-order valence-corrected chi connectivity index (χ2v) is 5.04. The summed E-state index contributed by atoms with van der Waals surface area (Å²) >= 11 is 9.51. The lowest BCUT2D eigenvalue weighted by atomic mass is 9.72. The number of carbonyl (C=O) groups excluding carboxylic acids is 1. The number of hydrogen-bond donors (Lipinski definition) is 0. The molecule has 0 amide bonds. The molecule has 0 saturated heterocycles. The first kappa shape index (κ1) is 10.9. The Morgan fingerprint density at radius 3 is 2.73 bits per heavy atom. The summed E-state index contributed by atoms with van der Waals surface area (Å²) in [5.41, 5.74) is 0.510. The molecule has 2 nitrogen and oxygen atoms in total. The van der Waals surface area contributed by atoms with Crippen LogP contribution in [0.4, 0.5) is 0 Å². The molecule has 2 rings (SSSR count). The number of isocyanates is 1. The minimum Gasteiger partial charge on any atom is -0.211 e. The predicted octanol–water partition coefficient (Wildman–Crippen LogP) is 3.82. The highest BCUT2D eigenvalue weighted by Crippen LogP contribution is 2.47. The fourth-order valence-electron chi connectivity index (χ4n) is 1.89. The lowest BCUT2D eigenvalue weighted by Gasteiger charge is -2.37. The number of nitrogens with zero attached hydrogens (tertiary/aromatic N) is 1. The molecule has 0 atom stereocenters. The second kappa shape index (κ2) is 4.09. The van der Waals surface area contributed by atoms with E-state index in [0.29, 0.717) is 5.02 Å². The molecular weight excluding hydrogens is 277 g/mol. The summed E-state index contributed by atoms with van der Waals surface area (Å²) in [6.07, 6.45) is 4.48. The van der Waals surface area contributed by atoms with Crippen LogP contribution in [-0.2, 0) is 10.3 Å². The van der Waals surface area contributed by atoms with Gasteiger partial charge in [0.15, 0.2) is 0 Å². The number of benzene rings is 1. The Balaban J connectivity index is 2.51. The fourth-order valence-corrected chi connectivity index (χ4v) is 2.55. The molecule has 0 heterocycles. The minimum atomic E-state index is -0.414. The first-order valence-electron chi connectivity index (χ1n) is 4.72. The molecular formula is C11H9BrClNO. The maximum absolute atomic E-state index is 10.4. The Morgan fingerprint density at radius 2 is 2.20 bits per heavy atom. The first-order valence-corrected chi connectivity index (χ1v) is 5.90. The first-order chi connectivity index (χ1) is 7.18. The average Bonchev–Trinajstić information content (AvgIpc) is 2.16. The molecule has 0 N–H and O–H groups in total. The van der Waals surface area contributed by atoms with E-state index in [-0.39, 0.29) is 0 Å². The summed E-state index contributed by atoms with van der Waals surface area (Å²) in [6.45, 7) is 0. The van der Waals surface area contributed by atoms with Gasteiger partial charge in [0.1, 0.15) is 0 Å². The smallest absolute Gasteiger partial charge is 0.211 e. The van der Waals surface area contributed by atoms with Crippen LogP contribution in [-0.4, -0.2) is 6.08 Å². The summed E-state index contributed by atoms with van der Waals surface area (Å²) in [5, 5.41) is 0.664. The van der Waals surface area contributed by atoms with Crippen molar-refractivity contribution in [1.29, 1.82) is 0 Å². The van der Waals surface area contributed by atoms with Crippen molar-refractivity contribution in [2.24, 2.45) is 4.99 Å². The maximum Gasteiger partial charge on any atom is 0.235 e. The van der Waals surface area contributed by atoms with Crippen molar-refractivity contribution in [2.45, 2.75) is 24.8 Å². The number of aliphatic imine (C=N–C) groups is 1. The third kappa shape index (κ3) is 1.87. The maximum atomic E-state index is 10.4. The van der Waals surface area contributed by atoms with E-state index in [2.05, 4.69) is 20.9 Å². The molecule has 78 valence electrons. The Kier molecular flexibility index (Phi) is 2.96. The Morgan fingerprint density at radius 1 is 1.47 bits per heavy atom. The zero-order valence-electron chi connectivity index (χ0n) is 7.96. The van der Waals surface area contributed by atoms with Crippen LogP contribution in [0, 0.1) is 0 Å². The van der Waals surface area contributed by atoms with Crippen LogP contribution in [0.15, 0.2) is 27.7 Å². The lowest BCUT2D eigenvalue weighted by Crippen LogP contribution is -2.32. The van der Waals surface area contributed by atoms with Crippen LogP contribution in [0.1, 0.15) is 24.8 Å². The molecule has 0 radical (unpaired) electrons. The highest BCUT2D eigenvalue weighted by molar-refractivity contribution is 9.10. The van der Waals surface area contributed by atoms with Crippen molar-refractivity contribution in [3.63, 3.8) is 0 Å². The molecule has 1 aromatic carbocycles. The summed E-state index contributed by atoms with van der Waals surface area (Å²) in [7, 11) is 0. The molecule has 0 spiro atoms. The van der Waals surface area contributed by atoms with Gasteiger partial charge < -0.3 is 0 Å². The summed E-state index contributed by atoms with van der Waals surface area (Å²) in [5.74, 6) is 0. The Bertz CT molecular complexity index is 436. The van der Waals surface area contributed by atoms with Gasteiger partial charge in [0.2, 0.25) is 6.08 Å². The van der Waals surface area contributed by atoms with Crippen molar-refractivity contribution in [1.82, 2.24) is 0 Å². The largest absolute Gasteiger partial charge is 0.235 e. The van der Waals surface area contributed by atoms with E-state index in [1.165, 1.54) is 0 Å². The average molecular weight is 287 g/mol. The van der Waals surface area contributed by atoms with E-state index in [0.717, 1.165) is 29.3 Å². The van der Waals surface area contributed by atoms with E-state index in [9.17, 15) is 4.79 Å². The standard InChI is InChI=1S/C11H9BrClNO/c12-8-2-3-10(13)9(6-8)11(14-7-15)4-1-5-11/h2-3,6H,1,4-5H2. The van der Waals surface area contributed by atoms with Gasteiger partial charge in [-0.2, -0.15) is 4.99 Å². The molecule has 0 aromatic heterocycles. The Labute approximate surface area is 101 Å². The second-order valence-electron chi connectivity index (χ2n) is 3.71. The molecule has 0 unspecified atom stereocenters. The zero-order chi connectivity index (χ0) is 10.9.